The Kier molecular flexibility index (Phi) is 5.22. The Morgan fingerprint density at radius 3 is 2.71 bits per heavy atom. The number of alkyl halides is 3. The number of carbonyl (C=O) groups is 1. The molecular formula is C21H21F3N4O3. The van der Waals surface area contributed by atoms with Gasteiger partial charge in [-0.25, -0.2) is 4.98 Å². The van der Waals surface area contributed by atoms with Gasteiger partial charge in [0.25, 0.3) is 5.91 Å². The number of pyridine rings is 1. The second kappa shape index (κ2) is 7.61. The van der Waals surface area contributed by atoms with Crippen LogP contribution in [0.5, 0.6) is 0 Å². The fourth-order valence-corrected chi connectivity index (χ4v) is 3.52. The van der Waals surface area contributed by atoms with Gasteiger partial charge in [0, 0.05) is 29.4 Å². The van der Waals surface area contributed by atoms with E-state index in [1.807, 2.05) is 6.20 Å². The summed E-state index contributed by atoms with van der Waals surface area (Å²) in [6.07, 6.45) is -2.01. The fraction of sp³-hybridized carbons (Fsp3) is 0.381. The summed E-state index contributed by atoms with van der Waals surface area (Å²) in [5, 5.41) is 18.5. The molecule has 0 bridgehead atoms. The van der Waals surface area contributed by atoms with E-state index in [2.05, 4.69) is 15.4 Å². The van der Waals surface area contributed by atoms with E-state index in [1.165, 1.54) is 6.07 Å². The van der Waals surface area contributed by atoms with Gasteiger partial charge in [-0.2, -0.15) is 18.3 Å². The Morgan fingerprint density at radius 2 is 2.06 bits per heavy atom. The van der Waals surface area contributed by atoms with Gasteiger partial charge in [0.1, 0.15) is 11.4 Å². The maximum Gasteiger partial charge on any atom is 0.433 e. The summed E-state index contributed by atoms with van der Waals surface area (Å²) in [6, 6.07) is 6.53. The van der Waals surface area contributed by atoms with Crippen LogP contribution >= 0.6 is 0 Å². The molecule has 1 aromatic carbocycles. The molecule has 0 saturated carbocycles. The minimum atomic E-state index is -4.66. The van der Waals surface area contributed by atoms with Crippen molar-refractivity contribution in [1.29, 1.82) is 0 Å². The number of benzene rings is 1. The molecular weight excluding hydrogens is 413 g/mol. The van der Waals surface area contributed by atoms with Crippen molar-refractivity contribution in [2.75, 3.05) is 18.5 Å². The number of hydrogen-bond acceptors (Lipinski definition) is 5. The van der Waals surface area contributed by atoms with Gasteiger partial charge in [-0.1, -0.05) is 6.07 Å². The summed E-state index contributed by atoms with van der Waals surface area (Å²) in [4.78, 5) is 16.1. The lowest BCUT2D eigenvalue weighted by atomic mass is 9.95. The van der Waals surface area contributed by atoms with Gasteiger partial charge in [0.05, 0.1) is 23.8 Å². The SMILES string of the molecule is CC(C)(O)c1cc2nn(C3CCOC3)cc2cc1NC(=O)c1cccc(C(F)(F)F)n1. The van der Waals surface area contributed by atoms with Crippen LogP contribution in [0.25, 0.3) is 10.9 Å². The highest BCUT2D eigenvalue weighted by Crippen LogP contribution is 2.33. The molecule has 164 valence electrons. The molecule has 31 heavy (non-hydrogen) atoms. The summed E-state index contributed by atoms with van der Waals surface area (Å²) in [5.41, 5.74) is -1.59. The van der Waals surface area contributed by atoms with Crippen molar-refractivity contribution in [3.05, 3.63) is 53.5 Å². The molecule has 1 fully saturated rings. The quantitative estimate of drug-likeness (QED) is 0.650. The van der Waals surface area contributed by atoms with E-state index in [4.69, 9.17) is 4.74 Å². The Bertz CT molecular complexity index is 1130. The van der Waals surface area contributed by atoms with E-state index in [0.717, 1.165) is 18.6 Å². The van der Waals surface area contributed by atoms with Gasteiger partial charge < -0.3 is 15.2 Å². The Labute approximate surface area is 175 Å². The van der Waals surface area contributed by atoms with Crippen molar-refractivity contribution < 1.29 is 27.8 Å². The molecule has 2 aromatic heterocycles. The number of halogens is 3. The number of nitrogens with zero attached hydrogens (tertiary/aromatic N) is 3. The molecule has 1 aliphatic rings. The number of anilines is 1. The first-order valence-corrected chi connectivity index (χ1v) is 9.71. The van der Waals surface area contributed by atoms with Crippen molar-refractivity contribution >= 4 is 22.5 Å². The summed E-state index contributed by atoms with van der Waals surface area (Å²) in [7, 11) is 0. The summed E-state index contributed by atoms with van der Waals surface area (Å²) in [6.45, 7) is 4.31. The monoisotopic (exact) mass is 434 g/mol. The van der Waals surface area contributed by atoms with E-state index >= 15 is 0 Å². The van der Waals surface area contributed by atoms with Crippen LogP contribution in [0, 0.1) is 0 Å². The van der Waals surface area contributed by atoms with Crippen LogP contribution in [0.3, 0.4) is 0 Å². The highest BCUT2D eigenvalue weighted by molar-refractivity contribution is 6.04. The zero-order valence-corrected chi connectivity index (χ0v) is 16.9. The van der Waals surface area contributed by atoms with Crippen molar-refractivity contribution in [3.63, 3.8) is 0 Å². The lowest BCUT2D eigenvalue weighted by molar-refractivity contribution is -0.141. The largest absolute Gasteiger partial charge is 0.433 e. The predicted octanol–water partition coefficient (Wildman–Crippen LogP) is 3.89. The molecule has 1 aliphatic heterocycles. The lowest BCUT2D eigenvalue weighted by Gasteiger charge is -2.22. The van der Waals surface area contributed by atoms with Crippen molar-refractivity contribution in [1.82, 2.24) is 14.8 Å². The molecule has 0 aliphatic carbocycles. The average Bonchev–Trinajstić information content (AvgIpc) is 3.35. The number of amides is 1. The Morgan fingerprint density at radius 1 is 1.29 bits per heavy atom. The molecule has 1 atom stereocenters. The summed E-state index contributed by atoms with van der Waals surface area (Å²) >= 11 is 0. The molecule has 3 aromatic rings. The predicted molar refractivity (Wildman–Crippen MR) is 107 cm³/mol. The topological polar surface area (TPSA) is 89.3 Å². The number of ether oxygens (including phenoxy) is 1. The molecule has 0 spiro atoms. The molecule has 1 amide bonds. The molecule has 3 heterocycles. The van der Waals surface area contributed by atoms with E-state index < -0.39 is 23.4 Å². The van der Waals surface area contributed by atoms with Crippen LogP contribution in [0.15, 0.2) is 36.5 Å². The first-order chi connectivity index (χ1) is 14.5. The van der Waals surface area contributed by atoms with Crippen molar-refractivity contribution in [2.24, 2.45) is 0 Å². The van der Waals surface area contributed by atoms with Crippen molar-refractivity contribution in [2.45, 2.75) is 38.1 Å². The molecule has 4 rings (SSSR count). The number of aromatic nitrogens is 3. The summed E-state index contributed by atoms with van der Waals surface area (Å²) in [5.74, 6) is -0.812. The van der Waals surface area contributed by atoms with Crippen LogP contribution in [-0.4, -0.2) is 39.0 Å². The van der Waals surface area contributed by atoms with Crippen molar-refractivity contribution in [3.8, 4) is 0 Å². The number of fused-ring (bicyclic) bond motifs is 1. The van der Waals surface area contributed by atoms with Crippen LogP contribution in [-0.2, 0) is 16.5 Å². The third kappa shape index (κ3) is 4.40. The minimum absolute atomic E-state index is 0.102. The minimum Gasteiger partial charge on any atom is -0.386 e. The number of aliphatic hydroxyl groups is 1. The van der Waals surface area contributed by atoms with Crippen LogP contribution in [0.4, 0.5) is 18.9 Å². The zero-order valence-electron chi connectivity index (χ0n) is 16.9. The first kappa shape index (κ1) is 21.3. The number of rotatable bonds is 4. The van der Waals surface area contributed by atoms with Crippen LogP contribution in [0.1, 0.15) is 48.1 Å². The molecule has 0 radical (unpaired) electrons. The summed E-state index contributed by atoms with van der Waals surface area (Å²) < 4.78 is 46.0. The van der Waals surface area contributed by atoms with E-state index in [9.17, 15) is 23.1 Å². The molecule has 1 saturated heterocycles. The smallest absolute Gasteiger partial charge is 0.386 e. The maximum atomic E-state index is 12.9. The first-order valence-electron chi connectivity index (χ1n) is 9.71. The van der Waals surface area contributed by atoms with Gasteiger partial charge in [-0.3, -0.25) is 9.48 Å². The second-order valence-electron chi connectivity index (χ2n) is 8.00. The Balaban J connectivity index is 1.71. The standard InChI is InChI=1S/C21H21F3N4O3/c1-20(2,30)14-9-16-12(10-28(27-16)13-6-7-31-11-13)8-17(14)26-19(29)15-4-3-5-18(25-15)21(22,23)24/h3-5,8-10,13,30H,6-7,11H2,1-2H3,(H,26,29). The highest BCUT2D eigenvalue weighted by atomic mass is 19.4. The zero-order chi connectivity index (χ0) is 22.4. The van der Waals surface area contributed by atoms with E-state index in [-0.39, 0.29) is 17.4 Å². The average molecular weight is 434 g/mol. The third-order valence-electron chi connectivity index (χ3n) is 5.12. The second-order valence-corrected chi connectivity index (χ2v) is 8.00. The fourth-order valence-electron chi connectivity index (χ4n) is 3.52. The van der Waals surface area contributed by atoms with Gasteiger partial charge in [0.2, 0.25) is 0 Å². The van der Waals surface area contributed by atoms with Crippen LogP contribution in [0.2, 0.25) is 0 Å². The van der Waals surface area contributed by atoms with E-state index in [1.54, 1.807) is 30.7 Å². The number of nitrogens with one attached hydrogen (secondary N) is 1. The van der Waals surface area contributed by atoms with Crippen LogP contribution < -0.4 is 5.32 Å². The third-order valence-corrected chi connectivity index (χ3v) is 5.12. The molecule has 2 N–H and O–H groups in total. The molecule has 7 nitrogen and oxygen atoms in total. The normalized spacial score (nSPS) is 17.3. The van der Waals surface area contributed by atoms with Gasteiger partial charge in [-0.15, -0.1) is 0 Å². The number of hydrogen-bond donors (Lipinski definition) is 2. The maximum absolute atomic E-state index is 12.9. The van der Waals surface area contributed by atoms with Gasteiger partial charge in [-0.05, 0) is 44.5 Å². The van der Waals surface area contributed by atoms with E-state index in [0.29, 0.717) is 29.7 Å². The van der Waals surface area contributed by atoms with Gasteiger partial charge >= 0.3 is 6.18 Å². The lowest BCUT2D eigenvalue weighted by Crippen LogP contribution is -2.22. The molecule has 10 heteroatoms. The van der Waals surface area contributed by atoms with Gasteiger partial charge in [0.15, 0.2) is 0 Å². The molecule has 1 unspecified atom stereocenters. The highest BCUT2D eigenvalue weighted by Gasteiger charge is 2.33. The Hall–Kier alpha value is -2.98. The number of carbonyl (C=O) groups excluding carboxylic acids is 1.